The average Bonchev–Trinajstić information content (AvgIpc) is 3.04. The molecule has 1 aromatic heterocycles. The Hall–Kier alpha value is -2.59. The zero-order chi connectivity index (χ0) is 17.7. The Labute approximate surface area is 147 Å². The number of carbonyl (C=O) groups excluding carboxylic acids is 1. The number of aromatic nitrogens is 1. The second kappa shape index (κ2) is 7.53. The van der Waals surface area contributed by atoms with E-state index in [2.05, 4.69) is 22.4 Å². The molecule has 0 aliphatic heterocycles. The standard InChI is InChI=1S/C21H24N2O2/c1-21(25,17-9-3-2-4-10-17)15-23-20(24)13-7-8-16-14-22-19-12-6-5-11-18(16)19/h2-6,9-12,14,22,25H,7-8,13,15H2,1H3,(H,23,24). The quantitative estimate of drug-likeness (QED) is 0.618. The largest absolute Gasteiger partial charge is 0.384 e. The van der Waals surface area contributed by atoms with Crippen LogP contribution in [0.4, 0.5) is 0 Å². The van der Waals surface area contributed by atoms with Gasteiger partial charge in [0.05, 0.1) is 6.54 Å². The summed E-state index contributed by atoms with van der Waals surface area (Å²) in [6.07, 6.45) is 4.10. The van der Waals surface area contributed by atoms with E-state index in [1.54, 1.807) is 6.92 Å². The van der Waals surface area contributed by atoms with Gasteiger partial charge in [-0.05, 0) is 37.0 Å². The van der Waals surface area contributed by atoms with Crippen LogP contribution in [-0.2, 0) is 16.8 Å². The minimum absolute atomic E-state index is 0.0314. The molecule has 1 heterocycles. The van der Waals surface area contributed by atoms with Crippen molar-refractivity contribution in [3.05, 3.63) is 71.9 Å². The summed E-state index contributed by atoms with van der Waals surface area (Å²) in [7, 11) is 0. The first-order valence-electron chi connectivity index (χ1n) is 8.66. The summed E-state index contributed by atoms with van der Waals surface area (Å²) in [6, 6.07) is 17.6. The first-order valence-corrected chi connectivity index (χ1v) is 8.66. The van der Waals surface area contributed by atoms with Crippen LogP contribution in [0.3, 0.4) is 0 Å². The summed E-state index contributed by atoms with van der Waals surface area (Å²) in [5.41, 5.74) is 2.10. The van der Waals surface area contributed by atoms with Crippen LogP contribution in [-0.4, -0.2) is 22.5 Å². The Morgan fingerprint density at radius 1 is 1.12 bits per heavy atom. The number of amides is 1. The molecule has 1 amide bonds. The number of nitrogens with one attached hydrogen (secondary N) is 2. The molecule has 0 saturated heterocycles. The number of aliphatic hydroxyl groups is 1. The van der Waals surface area contributed by atoms with Crippen molar-refractivity contribution in [1.29, 1.82) is 0 Å². The normalized spacial score (nSPS) is 13.5. The number of para-hydroxylation sites is 1. The summed E-state index contributed by atoms with van der Waals surface area (Å²) >= 11 is 0. The van der Waals surface area contributed by atoms with E-state index in [0.29, 0.717) is 6.42 Å². The van der Waals surface area contributed by atoms with Gasteiger partial charge in [0.25, 0.3) is 0 Å². The van der Waals surface area contributed by atoms with Crippen LogP contribution in [0.25, 0.3) is 10.9 Å². The van der Waals surface area contributed by atoms with Crippen molar-refractivity contribution in [1.82, 2.24) is 10.3 Å². The molecule has 1 atom stereocenters. The molecule has 0 aliphatic rings. The second-order valence-electron chi connectivity index (χ2n) is 6.63. The van der Waals surface area contributed by atoms with Gasteiger partial charge >= 0.3 is 0 Å². The van der Waals surface area contributed by atoms with Crippen LogP contribution in [0.5, 0.6) is 0 Å². The summed E-state index contributed by atoms with van der Waals surface area (Å²) < 4.78 is 0. The van der Waals surface area contributed by atoms with E-state index >= 15 is 0 Å². The number of H-pyrrole nitrogens is 1. The molecule has 3 aromatic rings. The number of rotatable bonds is 7. The molecule has 1 unspecified atom stereocenters. The number of aromatic amines is 1. The first kappa shape index (κ1) is 17.2. The van der Waals surface area contributed by atoms with E-state index in [9.17, 15) is 9.90 Å². The van der Waals surface area contributed by atoms with Crippen LogP contribution in [0, 0.1) is 0 Å². The topological polar surface area (TPSA) is 65.1 Å². The van der Waals surface area contributed by atoms with Gasteiger partial charge in [-0.1, -0.05) is 48.5 Å². The van der Waals surface area contributed by atoms with Gasteiger partial charge in [0.1, 0.15) is 5.60 Å². The first-order chi connectivity index (χ1) is 12.1. The minimum Gasteiger partial charge on any atom is -0.384 e. The van der Waals surface area contributed by atoms with Crippen molar-refractivity contribution in [2.45, 2.75) is 31.8 Å². The van der Waals surface area contributed by atoms with Crippen molar-refractivity contribution in [2.75, 3.05) is 6.54 Å². The number of hydrogen-bond acceptors (Lipinski definition) is 2. The number of aryl methyl sites for hydroxylation is 1. The maximum atomic E-state index is 12.1. The van der Waals surface area contributed by atoms with E-state index in [1.165, 1.54) is 10.9 Å². The highest BCUT2D eigenvalue weighted by atomic mass is 16.3. The predicted octanol–water partition coefficient (Wildman–Crippen LogP) is 3.51. The van der Waals surface area contributed by atoms with Crippen LogP contribution in [0.15, 0.2) is 60.8 Å². The van der Waals surface area contributed by atoms with Gasteiger partial charge in [0.2, 0.25) is 5.91 Å². The molecular formula is C21H24N2O2. The van der Waals surface area contributed by atoms with Crippen molar-refractivity contribution in [3.63, 3.8) is 0 Å². The Morgan fingerprint density at radius 3 is 2.64 bits per heavy atom. The van der Waals surface area contributed by atoms with E-state index in [4.69, 9.17) is 0 Å². The lowest BCUT2D eigenvalue weighted by Gasteiger charge is -2.24. The third kappa shape index (κ3) is 4.28. The van der Waals surface area contributed by atoms with E-state index < -0.39 is 5.60 Å². The lowest BCUT2D eigenvalue weighted by molar-refractivity contribution is -0.122. The molecule has 0 aliphatic carbocycles. The van der Waals surface area contributed by atoms with Gasteiger partial charge in [-0.25, -0.2) is 0 Å². The molecule has 3 N–H and O–H groups in total. The highest BCUT2D eigenvalue weighted by Crippen LogP contribution is 2.20. The number of benzene rings is 2. The van der Waals surface area contributed by atoms with Crippen molar-refractivity contribution >= 4 is 16.8 Å². The molecule has 0 saturated carbocycles. The molecule has 3 rings (SSSR count). The van der Waals surface area contributed by atoms with E-state index in [1.807, 2.05) is 48.7 Å². The van der Waals surface area contributed by atoms with E-state index in [-0.39, 0.29) is 12.5 Å². The smallest absolute Gasteiger partial charge is 0.220 e. The maximum Gasteiger partial charge on any atom is 0.220 e. The van der Waals surface area contributed by atoms with Gasteiger partial charge in [0, 0.05) is 23.5 Å². The van der Waals surface area contributed by atoms with Crippen LogP contribution < -0.4 is 5.32 Å². The van der Waals surface area contributed by atoms with Crippen LogP contribution in [0.1, 0.15) is 30.9 Å². The third-order valence-corrected chi connectivity index (χ3v) is 4.55. The van der Waals surface area contributed by atoms with Gasteiger partial charge in [0.15, 0.2) is 0 Å². The molecule has 4 nitrogen and oxygen atoms in total. The highest BCUT2D eigenvalue weighted by Gasteiger charge is 2.23. The molecule has 0 spiro atoms. The Kier molecular flexibility index (Phi) is 5.19. The van der Waals surface area contributed by atoms with E-state index in [0.717, 1.165) is 23.9 Å². The zero-order valence-electron chi connectivity index (χ0n) is 14.5. The van der Waals surface area contributed by atoms with Crippen LogP contribution >= 0.6 is 0 Å². The maximum absolute atomic E-state index is 12.1. The second-order valence-corrected chi connectivity index (χ2v) is 6.63. The van der Waals surface area contributed by atoms with Crippen LogP contribution in [0.2, 0.25) is 0 Å². The summed E-state index contributed by atoms with van der Waals surface area (Å²) in [6.45, 7) is 1.93. The average molecular weight is 336 g/mol. The Morgan fingerprint density at radius 2 is 1.84 bits per heavy atom. The zero-order valence-corrected chi connectivity index (χ0v) is 14.5. The Balaban J connectivity index is 1.47. The lowest BCUT2D eigenvalue weighted by Crippen LogP contribution is -2.38. The predicted molar refractivity (Wildman–Crippen MR) is 100 cm³/mol. The monoisotopic (exact) mass is 336 g/mol. The number of fused-ring (bicyclic) bond motifs is 1. The van der Waals surface area contributed by atoms with Gasteiger partial charge in [-0.3, -0.25) is 4.79 Å². The molecule has 0 radical (unpaired) electrons. The Bertz CT molecular complexity index is 837. The molecule has 25 heavy (non-hydrogen) atoms. The fraction of sp³-hybridized carbons (Fsp3) is 0.286. The van der Waals surface area contributed by atoms with Gasteiger partial charge in [-0.2, -0.15) is 0 Å². The molecule has 0 fully saturated rings. The lowest BCUT2D eigenvalue weighted by atomic mass is 9.96. The fourth-order valence-corrected chi connectivity index (χ4v) is 3.04. The van der Waals surface area contributed by atoms with Gasteiger partial charge < -0.3 is 15.4 Å². The molecular weight excluding hydrogens is 312 g/mol. The van der Waals surface area contributed by atoms with Crippen molar-refractivity contribution < 1.29 is 9.90 Å². The SMILES string of the molecule is CC(O)(CNC(=O)CCCc1c[nH]c2ccccc12)c1ccccc1. The molecule has 130 valence electrons. The number of carbonyl (C=O) groups is 1. The molecule has 4 heteroatoms. The van der Waals surface area contributed by atoms with Crippen molar-refractivity contribution in [2.24, 2.45) is 0 Å². The summed E-state index contributed by atoms with van der Waals surface area (Å²) in [5.74, 6) is -0.0314. The van der Waals surface area contributed by atoms with Gasteiger partial charge in [-0.15, -0.1) is 0 Å². The fourth-order valence-electron chi connectivity index (χ4n) is 3.04. The number of hydrogen-bond donors (Lipinski definition) is 3. The minimum atomic E-state index is -1.06. The molecule has 0 bridgehead atoms. The summed E-state index contributed by atoms with van der Waals surface area (Å²) in [4.78, 5) is 15.3. The summed E-state index contributed by atoms with van der Waals surface area (Å²) in [5, 5.41) is 14.6. The molecule has 2 aromatic carbocycles. The highest BCUT2D eigenvalue weighted by molar-refractivity contribution is 5.83. The third-order valence-electron chi connectivity index (χ3n) is 4.55. The van der Waals surface area contributed by atoms with Crippen molar-refractivity contribution in [3.8, 4) is 0 Å².